The second kappa shape index (κ2) is 7.12. The van der Waals surface area contributed by atoms with Gasteiger partial charge in [0.05, 0.1) is 0 Å². The Hall–Kier alpha value is -1.78. The van der Waals surface area contributed by atoms with Gasteiger partial charge in [0, 0.05) is 37.6 Å². The van der Waals surface area contributed by atoms with Crippen LogP contribution in [0.25, 0.3) is 0 Å². The summed E-state index contributed by atoms with van der Waals surface area (Å²) in [5, 5.41) is 0. The van der Waals surface area contributed by atoms with Gasteiger partial charge in [-0.25, -0.2) is 4.39 Å². The molecule has 2 rings (SSSR count). The zero-order chi connectivity index (χ0) is 14.4. The van der Waals surface area contributed by atoms with E-state index in [-0.39, 0.29) is 12.4 Å². The Morgan fingerprint density at radius 3 is 2.45 bits per heavy atom. The molecule has 0 aliphatic heterocycles. The van der Waals surface area contributed by atoms with Gasteiger partial charge in [0.25, 0.3) is 0 Å². The first-order chi connectivity index (χ1) is 9.72. The van der Waals surface area contributed by atoms with E-state index in [1.807, 2.05) is 24.3 Å². The van der Waals surface area contributed by atoms with Crippen LogP contribution in [0.4, 0.5) is 4.39 Å². The highest BCUT2D eigenvalue weighted by molar-refractivity contribution is 5.25. The Bertz CT molecular complexity index is 543. The van der Waals surface area contributed by atoms with Crippen LogP contribution in [-0.2, 0) is 19.6 Å². The predicted octanol–water partition coefficient (Wildman–Crippen LogP) is 2.70. The molecular weight excluding hydrogens is 253 g/mol. The molecule has 0 aliphatic rings. The van der Waals surface area contributed by atoms with E-state index >= 15 is 0 Å². The van der Waals surface area contributed by atoms with Crippen LogP contribution < -0.4 is 5.73 Å². The van der Waals surface area contributed by atoms with E-state index in [1.165, 1.54) is 11.6 Å². The molecule has 0 radical (unpaired) electrons. The second-order valence-electron chi connectivity index (χ2n) is 4.79. The van der Waals surface area contributed by atoms with Crippen molar-refractivity contribution in [2.24, 2.45) is 5.73 Å². The number of hydrogen-bond donors (Lipinski definition) is 1. The van der Waals surface area contributed by atoms with E-state index < -0.39 is 0 Å². The van der Waals surface area contributed by atoms with Crippen LogP contribution in [0.3, 0.4) is 0 Å². The smallest absolute Gasteiger partial charge is 0.127 e. The Kier molecular flexibility index (Phi) is 5.21. The fraction of sp³-hybridized carbons (Fsp3) is 0.312. The molecule has 2 N–H and O–H groups in total. The zero-order valence-corrected chi connectivity index (χ0v) is 11.7. The minimum Gasteiger partial charge on any atom is -0.326 e. The Morgan fingerprint density at radius 2 is 1.80 bits per heavy atom. The lowest BCUT2D eigenvalue weighted by atomic mass is 10.1. The number of nitrogens with zero attached hydrogens (tertiary/aromatic N) is 2. The molecule has 0 saturated heterocycles. The van der Waals surface area contributed by atoms with Crippen LogP contribution in [0.2, 0.25) is 0 Å². The number of halogens is 1. The number of nitrogens with two attached hydrogens (primary N) is 1. The van der Waals surface area contributed by atoms with Gasteiger partial charge >= 0.3 is 0 Å². The third-order valence-electron chi connectivity index (χ3n) is 3.34. The lowest BCUT2D eigenvalue weighted by Gasteiger charge is -2.21. The molecule has 20 heavy (non-hydrogen) atoms. The van der Waals surface area contributed by atoms with Crippen LogP contribution in [0.1, 0.15) is 23.6 Å². The first-order valence-corrected chi connectivity index (χ1v) is 6.81. The maximum atomic E-state index is 13.4. The summed E-state index contributed by atoms with van der Waals surface area (Å²) in [4.78, 5) is 6.32. The number of pyridine rings is 1. The summed E-state index contributed by atoms with van der Waals surface area (Å²) in [7, 11) is 0. The van der Waals surface area contributed by atoms with Gasteiger partial charge in [-0.15, -0.1) is 0 Å². The fourth-order valence-corrected chi connectivity index (χ4v) is 2.17. The van der Waals surface area contributed by atoms with Gasteiger partial charge in [0.1, 0.15) is 5.82 Å². The molecule has 0 fully saturated rings. The standard InChI is InChI=1S/C16H20FN3/c1-2-20(11-13-5-7-19-8-6-13)12-14-3-4-16(17)15(9-14)10-18/h3-9H,2,10-12,18H2,1H3. The molecule has 0 spiro atoms. The number of rotatable bonds is 6. The van der Waals surface area contributed by atoms with Crippen LogP contribution in [0.5, 0.6) is 0 Å². The summed E-state index contributed by atoms with van der Waals surface area (Å²) in [6.45, 7) is 4.92. The first-order valence-electron chi connectivity index (χ1n) is 6.81. The molecular formula is C16H20FN3. The SMILES string of the molecule is CCN(Cc1ccncc1)Cc1ccc(F)c(CN)c1. The van der Waals surface area contributed by atoms with Crippen LogP contribution >= 0.6 is 0 Å². The number of aromatic nitrogens is 1. The van der Waals surface area contributed by atoms with Crippen LogP contribution in [0, 0.1) is 5.82 Å². The highest BCUT2D eigenvalue weighted by Gasteiger charge is 2.07. The Morgan fingerprint density at radius 1 is 1.10 bits per heavy atom. The van der Waals surface area contributed by atoms with E-state index in [0.29, 0.717) is 5.56 Å². The molecule has 1 heterocycles. The molecule has 0 unspecified atom stereocenters. The average molecular weight is 273 g/mol. The van der Waals surface area contributed by atoms with Gasteiger partial charge in [0.15, 0.2) is 0 Å². The van der Waals surface area contributed by atoms with Gasteiger partial charge in [-0.05, 0) is 35.9 Å². The van der Waals surface area contributed by atoms with E-state index in [1.54, 1.807) is 12.4 Å². The molecule has 3 nitrogen and oxygen atoms in total. The van der Waals surface area contributed by atoms with Gasteiger partial charge in [0.2, 0.25) is 0 Å². The number of benzene rings is 1. The third kappa shape index (κ3) is 3.85. The lowest BCUT2D eigenvalue weighted by molar-refractivity contribution is 0.271. The molecule has 1 aromatic carbocycles. The lowest BCUT2D eigenvalue weighted by Crippen LogP contribution is -2.22. The predicted molar refractivity (Wildman–Crippen MR) is 78.3 cm³/mol. The monoisotopic (exact) mass is 273 g/mol. The van der Waals surface area contributed by atoms with Gasteiger partial charge < -0.3 is 5.73 Å². The van der Waals surface area contributed by atoms with Crippen molar-refractivity contribution >= 4 is 0 Å². The highest BCUT2D eigenvalue weighted by atomic mass is 19.1. The van der Waals surface area contributed by atoms with Gasteiger partial charge in [-0.1, -0.05) is 19.1 Å². The third-order valence-corrected chi connectivity index (χ3v) is 3.34. The fourth-order valence-electron chi connectivity index (χ4n) is 2.17. The van der Waals surface area contributed by atoms with Crippen molar-refractivity contribution in [3.8, 4) is 0 Å². The summed E-state index contributed by atoms with van der Waals surface area (Å²) >= 11 is 0. The average Bonchev–Trinajstić information content (AvgIpc) is 2.49. The van der Waals surface area contributed by atoms with Crippen molar-refractivity contribution in [3.63, 3.8) is 0 Å². The summed E-state index contributed by atoms with van der Waals surface area (Å²) in [5.41, 5.74) is 8.43. The largest absolute Gasteiger partial charge is 0.326 e. The molecule has 106 valence electrons. The van der Waals surface area contributed by atoms with Crippen molar-refractivity contribution in [1.29, 1.82) is 0 Å². The minimum absolute atomic E-state index is 0.228. The maximum Gasteiger partial charge on any atom is 0.127 e. The molecule has 4 heteroatoms. The minimum atomic E-state index is -0.228. The quantitative estimate of drug-likeness (QED) is 0.880. The summed E-state index contributed by atoms with van der Waals surface area (Å²) in [6, 6.07) is 9.20. The van der Waals surface area contributed by atoms with Gasteiger partial charge in [-0.2, -0.15) is 0 Å². The molecule has 2 aromatic rings. The van der Waals surface area contributed by atoms with Crippen molar-refractivity contribution in [1.82, 2.24) is 9.88 Å². The van der Waals surface area contributed by atoms with E-state index in [9.17, 15) is 4.39 Å². The van der Waals surface area contributed by atoms with E-state index in [0.717, 1.165) is 25.2 Å². The van der Waals surface area contributed by atoms with Crippen molar-refractivity contribution in [2.75, 3.05) is 6.54 Å². The first kappa shape index (κ1) is 14.6. The summed E-state index contributed by atoms with van der Waals surface area (Å²) < 4.78 is 13.4. The second-order valence-corrected chi connectivity index (χ2v) is 4.79. The van der Waals surface area contributed by atoms with Crippen LogP contribution in [-0.4, -0.2) is 16.4 Å². The maximum absolute atomic E-state index is 13.4. The van der Waals surface area contributed by atoms with Crippen molar-refractivity contribution < 1.29 is 4.39 Å². The van der Waals surface area contributed by atoms with Crippen LogP contribution in [0.15, 0.2) is 42.7 Å². The molecule has 0 aliphatic carbocycles. The molecule has 0 bridgehead atoms. The summed E-state index contributed by atoms with van der Waals surface area (Å²) in [6.07, 6.45) is 3.60. The van der Waals surface area contributed by atoms with E-state index in [2.05, 4.69) is 16.8 Å². The number of hydrogen-bond acceptors (Lipinski definition) is 3. The van der Waals surface area contributed by atoms with Gasteiger partial charge in [-0.3, -0.25) is 9.88 Å². The summed E-state index contributed by atoms with van der Waals surface area (Å²) in [5.74, 6) is -0.228. The zero-order valence-electron chi connectivity index (χ0n) is 11.7. The molecule has 1 aromatic heterocycles. The highest BCUT2D eigenvalue weighted by Crippen LogP contribution is 2.13. The molecule has 0 amide bonds. The normalized spacial score (nSPS) is 11.0. The molecule has 0 atom stereocenters. The van der Waals surface area contributed by atoms with Crippen molar-refractivity contribution in [2.45, 2.75) is 26.6 Å². The van der Waals surface area contributed by atoms with Crippen molar-refractivity contribution in [3.05, 3.63) is 65.2 Å². The Balaban J connectivity index is 2.06. The molecule has 0 saturated carbocycles. The Labute approximate surface area is 119 Å². The topological polar surface area (TPSA) is 42.2 Å². The van der Waals surface area contributed by atoms with E-state index in [4.69, 9.17) is 5.73 Å².